The maximum absolute atomic E-state index is 13.1. The largest absolute Gasteiger partial charge is 0.367 e. The zero-order valence-electron chi connectivity index (χ0n) is 21.1. The van der Waals surface area contributed by atoms with E-state index in [1.807, 2.05) is 65.2 Å². The molecule has 4 aromatic rings. The van der Waals surface area contributed by atoms with E-state index in [1.54, 1.807) is 0 Å². The van der Waals surface area contributed by atoms with Gasteiger partial charge < -0.3 is 19.9 Å². The number of fused-ring (bicyclic) bond motifs is 1. The van der Waals surface area contributed by atoms with E-state index in [0.29, 0.717) is 37.0 Å². The number of aromatic nitrogens is 1. The second-order valence-corrected chi connectivity index (χ2v) is 9.51. The highest BCUT2D eigenvalue weighted by Gasteiger charge is 2.17. The van der Waals surface area contributed by atoms with Crippen LogP contribution in [0.25, 0.3) is 10.9 Å². The third-order valence-electron chi connectivity index (χ3n) is 5.86. The summed E-state index contributed by atoms with van der Waals surface area (Å²) in [5.41, 5.74) is 5.52. The zero-order chi connectivity index (χ0) is 25.5. The number of benzene rings is 3. The lowest BCUT2D eigenvalue weighted by molar-refractivity contribution is -0.121. The third kappa shape index (κ3) is 6.61. The monoisotopic (exact) mass is 483 g/mol. The minimum atomic E-state index is -0.223. The number of anilines is 1. The summed E-state index contributed by atoms with van der Waals surface area (Å²) in [6.07, 6.45) is 0. The summed E-state index contributed by atoms with van der Waals surface area (Å²) in [6.45, 7) is 7.73. The number of rotatable bonds is 10. The summed E-state index contributed by atoms with van der Waals surface area (Å²) in [4.78, 5) is 25.5. The van der Waals surface area contributed by atoms with Crippen molar-refractivity contribution >= 4 is 28.4 Å². The van der Waals surface area contributed by atoms with Crippen LogP contribution >= 0.6 is 0 Å². The molecule has 0 saturated heterocycles. The van der Waals surface area contributed by atoms with E-state index in [9.17, 15) is 9.59 Å². The number of hydrogen-bond donors (Lipinski definition) is 2. The Morgan fingerprint density at radius 3 is 2.44 bits per heavy atom. The molecule has 3 aromatic carbocycles. The number of ether oxygens (including phenoxy) is 1. The van der Waals surface area contributed by atoms with Gasteiger partial charge in [0.1, 0.15) is 12.3 Å². The minimum absolute atomic E-state index is 0.0375. The Morgan fingerprint density at radius 2 is 1.69 bits per heavy atom. The molecule has 186 valence electrons. The number of aryl methyl sites for hydroxylation is 1. The molecular formula is C30H33N3O3. The molecule has 0 aliphatic rings. The standard InChI is InChI=1S/C30H33N3O3/c1-21(2)17-31-30(35)28-16-25-15-26(32-29(34)20-36-19-23-9-5-4-6-10-23)12-13-27(25)33(28)18-24-11-7-8-22(3)14-24/h4-16,21H,17-20H2,1-3H3,(H,31,35)(H,32,34). The van der Waals surface area contributed by atoms with Gasteiger partial charge in [-0.15, -0.1) is 0 Å². The average Bonchev–Trinajstić information content (AvgIpc) is 3.20. The lowest BCUT2D eigenvalue weighted by atomic mass is 10.1. The molecule has 0 spiro atoms. The second-order valence-electron chi connectivity index (χ2n) is 9.51. The molecule has 0 radical (unpaired) electrons. The molecular weight excluding hydrogens is 450 g/mol. The number of carbonyl (C=O) groups excluding carboxylic acids is 2. The van der Waals surface area contributed by atoms with Gasteiger partial charge in [0.15, 0.2) is 0 Å². The molecule has 0 aliphatic heterocycles. The van der Waals surface area contributed by atoms with Crippen LogP contribution in [0.1, 0.15) is 41.0 Å². The van der Waals surface area contributed by atoms with Crippen molar-refractivity contribution in [3.8, 4) is 0 Å². The van der Waals surface area contributed by atoms with E-state index in [1.165, 1.54) is 5.56 Å². The summed E-state index contributed by atoms with van der Waals surface area (Å²) in [5, 5.41) is 6.83. The van der Waals surface area contributed by atoms with Crippen molar-refractivity contribution in [2.24, 2.45) is 5.92 Å². The van der Waals surface area contributed by atoms with Gasteiger partial charge in [0, 0.05) is 29.7 Å². The lowest BCUT2D eigenvalue weighted by Crippen LogP contribution is -2.29. The zero-order valence-corrected chi connectivity index (χ0v) is 21.1. The Labute approximate surface area is 212 Å². The molecule has 4 rings (SSSR count). The highest BCUT2D eigenvalue weighted by Crippen LogP contribution is 2.25. The van der Waals surface area contributed by atoms with E-state index >= 15 is 0 Å². The first-order chi connectivity index (χ1) is 17.4. The Hall–Kier alpha value is -3.90. The molecule has 0 aliphatic carbocycles. The fraction of sp³-hybridized carbons (Fsp3) is 0.267. The first-order valence-corrected chi connectivity index (χ1v) is 12.3. The van der Waals surface area contributed by atoms with Crippen molar-refractivity contribution in [2.75, 3.05) is 18.5 Å². The fourth-order valence-corrected chi connectivity index (χ4v) is 4.12. The van der Waals surface area contributed by atoms with Gasteiger partial charge in [-0.2, -0.15) is 0 Å². The molecule has 0 atom stereocenters. The maximum Gasteiger partial charge on any atom is 0.267 e. The molecule has 1 aromatic heterocycles. The second kappa shape index (κ2) is 11.7. The van der Waals surface area contributed by atoms with Gasteiger partial charge in [-0.3, -0.25) is 9.59 Å². The Balaban J connectivity index is 1.52. The van der Waals surface area contributed by atoms with Gasteiger partial charge in [-0.1, -0.05) is 74.0 Å². The molecule has 0 saturated carbocycles. The Morgan fingerprint density at radius 1 is 0.917 bits per heavy atom. The molecule has 1 heterocycles. The van der Waals surface area contributed by atoms with Gasteiger partial charge in [0.25, 0.3) is 5.91 Å². The van der Waals surface area contributed by atoms with E-state index in [-0.39, 0.29) is 18.4 Å². The first-order valence-electron chi connectivity index (χ1n) is 12.3. The van der Waals surface area contributed by atoms with Crippen molar-refractivity contribution in [2.45, 2.75) is 33.9 Å². The molecule has 2 amide bonds. The topological polar surface area (TPSA) is 72.4 Å². The Kier molecular flexibility index (Phi) is 8.18. The van der Waals surface area contributed by atoms with Crippen molar-refractivity contribution < 1.29 is 14.3 Å². The Bertz CT molecular complexity index is 1340. The van der Waals surface area contributed by atoms with Crippen LogP contribution in [0.4, 0.5) is 5.69 Å². The van der Waals surface area contributed by atoms with Crippen LogP contribution in [0.15, 0.2) is 78.9 Å². The summed E-state index contributed by atoms with van der Waals surface area (Å²) >= 11 is 0. The van der Waals surface area contributed by atoms with Gasteiger partial charge in [-0.05, 0) is 48.2 Å². The lowest BCUT2D eigenvalue weighted by Gasteiger charge is -2.13. The van der Waals surface area contributed by atoms with Crippen molar-refractivity contribution in [1.29, 1.82) is 0 Å². The number of hydrogen-bond acceptors (Lipinski definition) is 3. The SMILES string of the molecule is Cc1cccc(Cn2c(C(=O)NCC(C)C)cc3cc(NC(=O)COCc4ccccc4)ccc32)c1. The number of nitrogens with zero attached hydrogens (tertiary/aromatic N) is 1. The summed E-state index contributed by atoms with van der Waals surface area (Å²) < 4.78 is 7.59. The van der Waals surface area contributed by atoms with Crippen molar-refractivity contribution in [3.05, 3.63) is 101 Å². The van der Waals surface area contributed by atoms with E-state index in [2.05, 4.69) is 49.6 Å². The molecule has 36 heavy (non-hydrogen) atoms. The molecule has 6 nitrogen and oxygen atoms in total. The van der Waals surface area contributed by atoms with Crippen LogP contribution in [0.3, 0.4) is 0 Å². The molecule has 0 unspecified atom stereocenters. The van der Waals surface area contributed by atoms with Crippen LogP contribution < -0.4 is 10.6 Å². The highest BCUT2D eigenvalue weighted by atomic mass is 16.5. The highest BCUT2D eigenvalue weighted by molar-refractivity contribution is 6.00. The van der Waals surface area contributed by atoms with E-state index in [0.717, 1.165) is 22.0 Å². The maximum atomic E-state index is 13.1. The summed E-state index contributed by atoms with van der Waals surface area (Å²) in [5.74, 6) is 0.0290. The van der Waals surface area contributed by atoms with E-state index in [4.69, 9.17) is 4.74 Å². The van der Waals surface area contributed by atoms with Crippen LogP contribution in [0, 0.1) is 12.8 Å². The number of amides is 2. The van der Waals surface area contributed by atoms with Gasteiger partial charge in [0.2, 0.25) is 5.91 Å². The minimum Gasteiger partial charge on any atom is -0.367 e. The molecule has 2 N–H and O–H groups in total. The van der Waals surface area contributed by atoms with E-state index < -0.39 is 0 Å². The van der Waals surface area contributed by atoms with Crippen LogP contribution in [0.5, 0.6) is 0 Å². The van der Waals surface area contributed by atoms with Crippen molar-refractivity contribution in [1.82, 2.24) is 9.88 Å². The van der Waals surface area contributed by atoms with Crippen LogP contribution in [-0.2, 0) is 22.7 Å². The van der Waals surface area contributed by atoms with Crippen LogP contribution in [0.2, 0.25) is 0 Å². The molecule has 0 bridgehead atoms. The fourth-order valence-electron chi connectivity index (χ4n) is 4.12. The molecule has 6 heteroatoms. The average molecular weight is 484 g/mol. The van der Waals surface area contributed by atoms with Gasteiger partial charge in [0.05, 0.1) is 6.61 Å². The number of carbonyl (C=O) groups is 2. The predicted molar refractivity (Wildman–Crippen MR) is 144 cm³/mol. The van der Waals surface area contributed by atoms with Crippen molar-refractivity contribution in [3.63, 3.8) is 0 Å². The summed E-state index contributed by atoms with van der Waals surface area (Å²) in [6, 6.07) is 25.6. The smallest absolute Gasteiger partial charge is 0.267 e. The normalized spacial score (nSPS) is 11.1. The molecule has 0 fully saturated rings. The van der Waals surface area contributed by atoms with Gasteiger partial charge in [-0.25, -0.2) is 0 Å². The van der Waals surface area contributed by atoms with Gasteiger partial charge >= 0.3 is 0 Å². The predicted octanol–water partition coefficient (Wildman–Crippen LogP) is 5.54. The number of nitrogens with one attached hydrogen (secondary N) is 2. The summed E-state index contributed by atoms with van der Waals surface area (Å²) in [7, 11) is 0. The quantitative estimate of drug-likeness (QED) is 0.311. The first kappa shape index (κ1) is 25.2. The van der Waals surface area contributed by atoms with Crippen LogP contribution in [-0.4, -0.2) is 29.5 Å². The third-order valence-corrected chi connectivity index (χ3v) is 5.86.